The molecule has 100 valence electrons. The summed E-state index contributed by atoms with van der Waals surface area (Å²) in [6.45, 7) is 0. The molecule has 0 N–H and O–H groups in total. The topological polar surface area (TPSA) is 63.0 Å². The second-order valence-corrected chi connectivity index (χ2v) is 6.05. The van der Waals surface area contributed by atoms with Crippen LogP contribution in [0.25, 0.3) is 0 Å². The van der Waals surface area contributed by atoms with E-state index in [-0.39, 0.29) is 11.4 Å². The Morgan fingerprint density at radius 2 is 2.37 bits per heavy atom. The molecule has 6 heteroatoms. The van der Waals surface area contributed by atoms with Crippen molar-refractivity contribution in [2.75, 3.05) is 12.9 Å². The lowest BCUT2D eigenvalue weighted by Crippen LogP contribution is -2.13. The van der Waals surface area contributed by atoms with Gasteiger partial charge in [-0.25, -0.2) is 4.98 Å². The second-order valence-electron chi connectivity index (χ2n) is 4.67. The average Bonchev–Trinajstić information content (AvgIpc) is 3.16. The van der Waals surface area contributed by atoms with Gasteiger partial charge in [-0.2, -0.15) is 5.26 Å². The van der Waals surface area contributed by atoms with E-state index in [1.807, 2.05) is 0 Å². The minimum atomic E-state index is -0.171. The number of rotatable bonds is 5. The van der Waals surface area contributed by atoms with Gasteiger partial charge in [0.25, 0.3) is 0 Å². The first-order valence-electron chi connectivity index (χ1n) is 5.84. The van der Waals surface area contributed by atoms with E-state index in [0.29, 0.717) is 17.1 Å². The number of nitriles is 1. The van der Waals surface area contributed by atoms with E-state index in [9.17, 15) is 4.79 Å². The van der Waals surface area contributed by atoms with Crippen LogP contribution in [0.15, 0.2) is 17.2 Å². The largest absolute Gasteiger partial charge is 0.469 e. The van der Waals surface area contributed by atoms with Crippen LogP contribution in [0.4, 0.5) is 0 Å². The zero-order chi connectivity index (χ0) is 13.9. The molecule has 1 fully saturated rings. The third-order valence-corrected chi connectivity index (χ3v) is 4.59. The van der Waals surface area contributed by atoms with Crippen molar-refractivity contribution in [2.45, 2.75) is 24.3 Å². The minimum absolute atomic E-state index is 0.0363. The highest BCUT2D eigenvalue weighted by Gasteiger charge is 2.44. The number of esters is 1. The fraction of sp³-hybridized carbons (Fsp3) is 0.462. The van der Waals surface area contributed by atoms with E-state index in [1.54, 1.807) is 6.07 Å². The van der Waals surface area contributed by atoms with Crippen LogP contribution in [0.2, 0.25) is 5.15 Å². The van der Waals surface area contributed by atoms with Crippen molar-refractivity contribution in [1.82, 2.24) is 4.98 Å². The Labute approximate surface area is 121 Å². The van der Waals surface area contributed by atoms with E-state index in [2.05, 4.69) is 11.1 Å². The van der Waals surface area contributed by atoms with Gasteiger partial charge in [0.15, 0.2) is 0 Å². The monoisotopic (exact) mass is 296 g/mol. The summed E-state index contributed by atoms with van der Waals surface area (Å²) < 4.78 is 4.71. The second kappa shape index (κ2) is 5.81. The zero-order valence-electron chi connectivity index (χ0n) is 10.5. The normalized spacial score (nSPS) is 15.6. The van der Waals surface area contributed by atoms with Gasteiger partial charge < -0.3 is 4.74 Å². The maximum absolute atomic E-state index is 11.3. The number of hydrogen-bond acceptors (Lipinski definition) is 5. The van der Waals surface area contributed by atoms with Gasteiger partial charge in [-0.3, -0.25) is 4.79 Å². The van der Waals surface area contributed by atoms with Crippen LogP contribution in [-0.2, 0) is 9.53 Å². The number of nitrogens with zero attached hydrogens (tertiary/aromatic N) is 2. The summed E-state index contributed by atoms with van der Waals surface area (Å²) >= 11 is 7.38. The van der Waals surface area contributed by atoms with Gasteiger partial charge in [-0.15, -0.1) is 11.8 Å². The molecule has 1 aromatic rings. The molecule has 0 aromatic carbocycles. The van der Waals surface area contributed by atoms with Gasteiger partial charge in [-0.1, -0.05) is 11.6 Å². The molecule has 0 spiro atoms. The number of carbonyl (C=O) groups is 1. The summed E-state index contributed by atoms with van der Waals surface area (Å²) in [6.07, 6.45) is 2.50. The fourth-order valence-electron chi connectivity index (χ4n) is 1.77. The SMILES string of the molecule is COC(=O)CC1(CSc2cc(C#N)cc(Cl)n2)CC1. The highest BCUT2D eigenvalue weighted by atomic mass is 35.5. The highest BCUT2D eigenvalue weighted by molar-refractivity contribution is 7.99. The first-order chi connectivity index (χ1) is 9.07. The molecule has 0 atom stereocenters. The lowest BCUT2D eigenvalue weighted by molar-refractivity contribution is -0.141. The van der Waals surface area contributed by atoms with Crippen molar-refractivity contribution in [3.63, 3.8) is 0 Å². The Hall–Kier alpha value is -1.25. The van der Waals surface area contributed by atoms with E-state index in [1.165, 1.54) is 24.9 Å². The van der Waals surface area contributed by atoms with Gasteiger partial charge in [0, 0.05) is 5.75 Å². The molecule has 0 bridgehead atoms. The van der Waals surface area contributed by atoms with Crippen LogP contribution in [-0.4, -0.2) is 23.8 Å². The Morgan fingerprint density at radius 1 is 1.63 bits per heavy atom. The third kappa shape index (κ3) is 3.85. The molecule has 2 rings (SSSR count). The van der Waals surface area contributed by atoms with Crippen molar-refractivity contribution >= 4 is 29.3 Å². The van der Waals surface area contributed by atoms with Gasteiger partial charge in [-0.05, 0) is 30.4 Å². The molecule has 1 heterocycles. The zero-order valence-corrected chi connectivity index (χ0v) is 12.1. The molecular weight excluding hydrogens is 284 g/mol. The van der Waals surface area contributed by atoms with Gasteiger partial charge in [0.2, 0.25) is 0 Å². The Bertz CT molecular complexity index is 538. The lowest BCUT2D eigenvalue weighted by Gasteiger charge is -2.12. The number of pyridine rings is 1. The maximum Gasteiger partial charge on any atom is 0.306 e. The molecule has 0 saturated heterocycles. The van der Waals surface area contributed by atoms with Crippen LogP contribution in [0.1, 0.15) is 24.8 Å². The first kappa shape index (κ1) is 14.2. The van der Waals surface area contributed by atoms with Crippen LogP contribution < -0.4 is 0 Å². The van der Waals surface area contributed by atoms with Crippen LogP contribution >= 0.6 is 23.4 Å². The fourth-order valence-corrected chi connectivity index (χ4v) is 3.24. The number of halogens is 1. The average molecular weight is 297 g/mol. The van der Waals surface area contributed by atoms with Crippen molar-refractivity contribution in [3.05, 3.63) is 22.8 Å². The number of aromatic nitrogens is 1. The molecule has 4 nitrogen and oxygen atoms in total. The summed E-state index contributed by atoms with van der Waals surface area (Å²) in [5.41, 5.74) is 0.537. The Balaban J connectivity index is 1.98. The summed E-state index contributed by atoms with van der Waals surface area (Å²) in [5, 5.41) is 9.91. The molecule has 0 radical (unpaired) electrons. The van der Waals surface area contributed by atoms with E-state index in [0.717, 1.165) is 23.6 Å². The number of carbonyl (C=O) groups excluding carboxylic acids is 1. The molecule has 0 unspecified atom stereocenters. The smallest absolute Gasteiger partial charge is 0.306 e. The van der Waals surface area contributed by atoms with Gasteiger partial charge in [0.1, 0.15) is 5.15 Å². The number of methoxy groups -OCH3 is 1. The first-order valence-corrected chi connectivity index (χ1v) is 7.21. The molecule has 0 aliphatic heterocycles. The summed E-state index contributed by atoms with van der Waals surface area (Å²) in [4.78, 5) is 15.5. The van der Waals surface area contributed by atoms with E-state index >= 15 is 0 Å². The van der Waals surface area contributed by atoms with Crippen molar-refractivity contribution < 1.29 is 9.53 Å². The minimum Gasteiger partial charge on any atom is -0.469 e. The molecule has 1 aliphatic carbocycles. The Morgan fingerprint density at radius 3 is 2.95 bits per heavy atom. The Kier molecular flexibility index (Phi) is 4.33. The quantitative estimate of drug-likeness (QED) is 0.475. The third-order valence-electron chi connectivity index (χ3n) is 3.13. The van der Waals surface area contributed by atoms with Crippen molar-refractivity contribution in [2.24, 2.45) is 5.41 Å². The molecule has 19 heavy (non-hydrogen) atoms. The highest BCUT2D eigenvalue weighted by Crippen LogP contribution is 2.52. The van der Waals surface area contributed by atoms with Crippen molar-refractivity contribution in [1.29, 1.82) is 5.26 Å². The maximum atomic E-state index is 11.3. The van der Waals surface area contributed by atoms with Crippen LogP contribution in [0, 0.1) is 16.7 Å². The van der Waals surface area contributed by atoms with Crippen LogP contribution in [0.5, 0.6) is 0 Å². The number of ether oxygens (including phenoxy) is 1. The summed E-state index contributed by atoms with van der Waals surface area (Å²) in [5.74, 6) is 0.621. The summed E-state index contributed by atoms with van der Waals surface area (Å²) in [6, 6.07) is 5.30. The molecule has 1 aromatic heterocycles. The molecule has 1 aliphatic rings. The predicted octanol–water partition coefficient (Wildman–Crippen LogP) is 3.04. The van der Waals surface area contributed by atoms with Gasteiger partial charge >= 0.3 is 5.97 Å². The standard InChI is InChI=1S/C13H13ClN2O2S/c1-18-12(17)6-13(2-3-13)8-19-11-5-9(7-15)4-10(14)16-11/h4-5H,2-3,6,8H2,1H3. The molecule has 0 amide bonds. The van der Waals surface area contributed by atoms with E-state index in [4.69, 9.17) is 21.6 Å². The predicted molar refractivity (Wildman–Crippen MR) is 73.0 cm³/mol. The van der Waals surface area contributed by atoms with E-state index < -0.39 is 0 Å². The number of thioether (sulfide) groups is 1. The lowest BCUT2D eigenvalue weighted by atomic mass is 10.1. The van der Waals surface area contributed by atoms with Gasteiger partial charge in [0.05, 0.1) is 30.2 Å². The molecular formula is C13H13ClN2O2S. The van der Waals surface area contributed by atoms with Crippen molar-refractivity contribution in [3.8, 4) is 6.07 Å². The molecule has 1 saturated carbocycles. The number of hydrogen-bond donors (Lipinski definition) is 0. The van der Waals surface area contributed by atoms with Crippen LogP contribution in [0.3, 0.4) is 0 Å². The summed E-state index contributed by atoms with van der Waals surface area (Å²) in [7, 11) is 1.41.